The van der Waals surface area contributed by atoms with Gasteiger partial charge in [-0.2, -0.15) is 22.7 Å². The standard InChI is InChI=1S/C14H11F5N2O3.CHClF2/c1-2-23-12(22)10-7-11(21(20-10)13(15)16)8-3-5-9(6-4-8)24-14(17,18)19;2-1(3)4/h3-7,13H,2H2,1H3;1H. The first kappa shape index (κ1) is 23.5. The van der Waals surface area contributed by atoms with Crippen molar-refractivity contribution in [1.82, 2.24) is 9.78 Å². The number of hydrogen-bond donors (Lipinski definition) is 0. The van der Waals surface area contributed by atoms with Gasteiger partial charge in [0, 0.05) is 5.56 Å². The summed E-state index contributed by atoms with van der Waals surface area (Å²) >= 11 is 3.94. The molecule has 2 rings (SSSR count). The van der Waals surface area contributed by atoms with Gasteiger partial charge in [0.1, 0.15) is 5.75 Å². The Labute approximate surface area is 158 Å². The van der Waals surface area contributed by atoms with Crippen LogP contribution in [-0.2, 0) is 4.74 Å². The van der Waals surface area contributed by atoms with E-state index in [0.29, 0.717) is 0 Å². The van der Waals surface area contributed by atoms with E-state index in [-0.39, 0.29) is 28.2 Å². The van der Waals surface area contributed by atoms with Gasteiger partial charge in [0.25, 0.3) is 0 Å². The molecule has 13 heteroatoms. The first-order valence-electron chi connectivity index (χ1n) is 7.27. The van der Waals surface area contributed by atoms with Crippen molar-refractivity contribution in [2.45, 2.75) is 25.7 Å². The molecule has 0 radical (unpaired) electrons. The molecule has 156 valence electrons. The highest BCUT2D eigenvalue weighted by molar-refractivity contribution is 6.18. The van der Waals surface area contributed by atoms with Crippen LogP contribution in [0.2, 0.25) is 0 Å². The Morgan fingerprint density at radius 1 is 1.18 bits per heavy atom. The van der Waals surface area contributed by atoms with Crippen LogP contribution in [0.15, 0.2) is 30.3 Å². The summed E-state index contributed by atoms with van der Waals surface area (Å²) in [6.45, 7) is -1.46. The van der Waals surface area contributed by atoms with Crippen LogP contribution in [0.4, 0.5) is 30.7 Å². The highest BCUT2D eigenvalue weighted by Crippen LogP contribution is 2.29. The minimum absolute atomic E-state index is 0.0409. The second-order valence-electron chi connectivity index (χ2n) is 4.68. The maximum Gasteiger partial charge on any atom is 0.573 e. The molecule has 0 saturated heterocycles. The molecule has 0 spiro atoms. The molecule has 0 aliphatic rings. The molecule has 1 aromatic heterocycles. The lowest BCUT2D eigenvalue weighted by Gasteiger charge is -2.10. The predicted molar refractivity (Wildman–Crippen MR) is 83.4 cm³/mol. The second-order valence-corrected chi connectivity index (χ2v) is 5.01. The van der Waals surface area contributed by atoms with Gasteiger partial charge in [-0.25, -0.2) is 9.48 Å². The van der Waals surface area contributed by atoms with Gasteiger partial charge in [0.2, 0.25) is 0 Å². The van der Waals surface area contributed by atoms with Crippen molar-refractivity contribution in [3.63, 3.8) is 0 Å². The number of alkyl halides is 8. The molecule has 1 heterocycles. The molecule has 0 atom stereocenters. The van der Waals surface area contributed by atoms with Gasteiger partial charge in [0.15, 0.2) is 5.69 Å². The van der Waals surface area contributed by atoms with E-state index in [1.807, 2.05) is 0 Å². The fourth-order valence-corrected chi connectivity index (χ4v) is 1.89. The van der Waals surface area contributed by atoms with E-state index >= 15 is 0 Å². The molecule has 1 aromatic carbocycles. The second kappa shape index (κ2) is 10.2. The highest BCUT2D eigenvalue weighted by atomic mass is 35.5. The Kier molecular flexibility index (Phi) is 8.54. The molecule has 0 saturated carbocycles. The van der Waals surface area contributed by atoms with Crippen LogP contribution in [0.3, 0.4) is 0 Å². The molecule has 0 aliphatic carbocycles. The van der Waals surface area contributed by atoms with Gasteiger partial charge in [-0.15, -0.1) is 13.2 Å². The quantitative estimate of drug-likeness (QED) is 0.354. The molecular weight excluding hydrogens is 425 g/mol. The third-order valence-corrected chi connectivity index (χ3v) is 2.79. The van der Waals surface area contributed by atoms with E-state index in [9.17, 15) is 35.5 Å². The maximum atomic E-state index is 13.1. The SMILES string of the molecule is CCOC(=O)c1cc(-c2ccc(OC(F)(F)F)cc2)n(C(F)F)n1.FC(F)Cl. The number of hydrogen-bond acceptors (Lipinski definition) is 4. The summed E-state index contributed by atoms with van der Waals surface area (Å²) in [4.78, 5) is 11.6. The van der Waals surface area contributed by atoms with Crippen molar-refractivity contribution < 1.29 is 45.0 Å². The highest BCUT2D eigenvalue weighted by Gasteiger charge is 2.31. The summed E-state index contributed by atoms with van der Waals surface area (Å²) < 4.78 is 91.3. The number of aromatic nitrogens is 2. The van der Waals surface area contributed by atoms with E-state index < -0.39 is 30.5 Å². The lowest BCUT2D eigenvalue weighted by molar-refractivity contribution is -0.274. The summed E-state index contributed by atoms with van der Waals surface area (Å²) in [6.07, 6.45) is -4.86. The maximum absolute atomic E-state index is 13.1. The van der Waals surface area contributed by atoms with Crippen molar-refractivity contribution in [1.29, 1.82) is 0 Å². The molecule has 0 amide bonds. The molecule has 0 N–H and O–H groups in total. The topological polar surface area (TPSA) is 53.4 Å². The lowest BCUT2D eigenvalue weighted by Crippen LogP contribution is -2.16. The van der Waals surface area contributed by atoms with Gasteiger partial charge in [-0.1, -0.05) is 11.6 Å². The van der Waals surface area contributed by atoms with Crippen molar-refractivity contribution >= 4 is 17.6 Å². The van der Waals surface area contributed by atoms with Crippen LogP contribution in [0, 0.1) is 0 Å². The number of carbonyl (C=O) groups is 1. The molecular formula is C15H12ClF7N2O3. The van der Waals surface area contributed by atoms with Crippen LogP contribution >= 0.6 is 11.6 Å². The Bertz CT molecular complexity index is 761. The Balaban J connectivity index is 0.000000892. The number of nitrogens with zero attached hydrogens (tertiary/aromatic N) is 2. The largest absolute Gasteiger partial charge is 0.573 e. The Hall–Kier alpha value is -2.50. The van der Waals surface area contributed by atoms with Crippen molar-refractivity contribution in [2.75, 3.05) is 6.61 Å². The summed E-state index contributed by atoms with van der Waals surface area (Å²) in [7, 11) is 0. The number of rotatable bonds is 5. The summed E-state index contributed by atoms with van der Waals surface area (Å²) in [5.74, 6) is -4.07. The molecule has 0 unspecified atom stereocenters. The summed E-state index contributed by atoms with van der Waals surface area (Å²) in [5.41, 5.74) is -0.345. The zero-order chi connectivity index (χ0) is 21.5. The minimum Gasteiger partial charge on any atom is -0.461 e. The fraction of sp³-hybridized carbons (Fsp3) is 0.333. The first-order valence-corrected chi connectivity index (χ1v) is 7.71. The number of carbonyl (C=O) groups excluding carboxylic acids is 1. The van der Waals surface area contributed by atoms with Crippen molar-refractivity contribution in [3.05, 3.63) is 36.0 Å². The smallest absolute Gasteiger partial charge is 0.461 e. The summed E-state index contributed by atoms with van der Waals surface area (Å²) in [5, 5.41) is 3.47. The Morgan fingerprint density at radius 3 is 2.14 bits per heavy atom. The van der Waals surface area contributed by atoms with Crippen LogP contribution in [0.25, 0.3) is 11.3 Å². The third-order valence-electron chi connectivity index (χ3n) is 2.79. The van der Waals surface area contributed by atoms with Crippen LogP contribution < -0.4 is 4.74 Å². The van der Waals surface area contributed by atoms with E-state index in [2.05, 4.69) is 26.2 Å². The Morgan fingerprint density at radius 2 is 1.71 bits per heavy atom. The predicted octanol–water partition coefficient (Wildman–Crippen LogP) is 5.47. The van der Waals surface area contributed by atoms with Gasteiger partial charge in [-0.3, -0.25) is 0 Å². The molecule has 5 nitrogen and oxygen atoms in total. The van der Waals surface area contributed by atoms with Gasteiger partial charge < -0.3 is 9.47 Å². The molecule has 0 bridgehead atoms. The van der Waals surface area contributed by atoms with Crippen LogP contribution in [-0.4, -0.2) is 34.6 Å². The summed E-state index contributed by atoms with van der Waals surface area (Å²) in [6, 6.07) is 5.30. The minimum atomic E-state index is -4.86. The first-order chi connectivity index (χ1) is 12.9. The van der Waals surface area contributed by atoms with E-state index in [4.69, 9.17) is 0 Å². The zero-order valence-electron chi connectivity index (χ0n) is 13.9. The van der Waals surface area contributed by atoms with Gasteiger partial charge in [-0.05, 0) is 37.3 Å². The monoisotopic (exact) mass is 436 g/mol. The van der Waals surface area contributed by atoms with E-state index in [0.717, 1.165) is 30.3 Å². The molecule has 0 fully saturated rings. The number of ether oxygens (including phenoxy) is 2. The van der Waals surface area contributed by atoms with Crippen LogP contribution in [0.1, 0.15) is 24.0 Å². The molecule has 2 aromatic rings. The normalized spacial score (nSPS) is 11.2. The van der Waals surface area contributed by atoms with Gasteiger partial charge in [0.05, 0.1) is 12.3 Å². The van der Waals surface area contributed by atoms with Crippen LogP contribution in [0.5, 0.6) is 5.75 Å². The van der Waals surface area contributed by atoms with Crippen molar-refractivity contribution in [3.8, 4) is 17.0 Å². The zero-order valence-corrected chi connectivity index (χ0v) is 14.6. The van der Waals surface area contributed by atoms with E-state index in [1.54, 1.807) is 6.92 Å². The average molecular weight is 437 g/mol. The van der Waals surface area contributed by atoms with Crippen molar-refractivity contribution in [2.24, 2.45) is 0 Å². The van der Waals surface area contributed by atoms with E-state index in [1.165, 1.54) is 0 Å². The van der Waals surface area contributed by atoms with Gasteiger partial charge >= 0.3 is 24.8 Å². The number of halogens is 8. The molecule has 28 heavy (non-hydrogen) atoms. The average Bonchev–Trinajstić information content (AvgIpc) is 2.99. The fourth-order valence-electron chi connectivity index (χ4n) is 1.89. The number of esters is 1. The molecule has 0 aliphatic heterocycles. The number of benzene rings is 1. The third kappa shape index (κ3) is 7.62. The lowest BCUT2D eigenvalue weighted by atomic mass is 10.1.